The Labute approximate surface area is 93.7 Å². The summed E-state index contributed by atoms with van der Waals surface area (Å²) in [6.45, 7) is 6.74. The van der Waals surface area contributed by atoms with Gasteiger partial charge in [0.1, 0.15) is 0 Å². The van der Waals surface area contributed by atoms with Crippen molar-refractivity contribution in [3.05, 3.63) is 35.0 Å². The van der Waals surface area contributed by atoms with Crippen molar-refractivity contribution >= 4 is 28.2 Å². The zero-order chi connectivity index (χ0) is 11.5. The summed E-state index contributed by atoms with van der Waals surface area (Å²) in [7, 11) is 0. The van der Waals surface area contributed by atoms with Crippen molar-refractivity contribution in [1.82, 2.24) is 0 Å². The fourth-order valence-electron chi connectivity index (χ4n) is 1.06. The number of nitrogens with zero attached hydrogens (tertiary/aromatic N) is 2. The van der Waals surface area contributed by atoms with Crippen molar-refractivity contribution in [2.75, 3.05) is 0 Å². The van der Waals surface area contributed by atoms with Crippen LogP contribution in [0.2, 0.25) is 14.8 Å². The molecule has 0 unspecified atom stereocenters. The average Bonchev–Trinajstić information content (AvgIpc) is 2.61. The maximum atomic E-state index is 8.59. The molecule has 0 radical (unpaired) electrons. The monoisotopic (exact) mass is 308 g/mol. The first-order valence-corrected chi connectivity index (χ1v) is 14.6. The molecule has 0 aliphatic heterocycles. The molecule has 4 heteroatoms. The van der Waals surface area contributed by atoms with Crippen molar-refractivity contribution < 1.29 is 4.42 Å². The number of rotatable bonds is 2. The molecule has 0 spiro atoms. The van der Waals surface area contributed by atoms with Crippen LogP contribution in [0.25, 0.3) is 10.9 Å². The van der Waals surface area contributed by atoms with E-state index in [9.17, 15) is 0 Å². The van der Waals surface area contributed by atoms with Gasteiger partial charge in [-0.2, -0.15) is 0 Å². The molecule has 0 aliphatic rings. The molecule has 1 heterocycles. The molecular formula is C11H12N2OSn. The summed E-state index contributed by atoms with van der Waals surface area (Å²) in [5.74, 6) is 0.601. The molecule has 1 aromatic heterocycles. The normalized spacial score (nSPS) is 11.9. The minimum atomic E-state index is -2.15. The topological polar surface area (TPSA) is 41.3 Å². The van der Waals surface area contributed by atoms with Crippen LogP contribution in [-0.2, 0) is 0 Å². The number of hydrogen-bond acceptors (Lipinski definition) is 2. The molecule has 1 rings (SSSR count). The van der Waals surface area contributed by atoms with Crippen LogP contribution in [0.15, 0.2) is 22.2 Å². The van der Waals surface area contributed by atoms with Crippen LogP contribution < -0.4 is 3.78 Å². The first-order chi connectivity index (χ1) is 6.97. The summed E-state index contributed by atoms with van der Waals surface area (Å²) in [4.78, 5) is 9.83. The quantitative estimate of drug-likeness (QED) is 0.479. The van der Waals surface area contributed by atoms with E-state index in [0.717, 1.165) is 3.78 Å². The van der Waals surface area contributed by atoms with Gasteiger partial charge < -0.3 is 0 Å². The van der Waals surface area contributed by atoms with E-state index in [1.54, 1.807) is 0 Å². The van der Waals surface area contributed by atoms with E-state index in [1.807, 2.05) is 18.2 Å². The molecule has 15 heavy (non-hydrogen) atoms. The van der Waals surface area contributed by atoms with Gasteiger partial charge in [-0.25, -0.2) is 0 Å². The van der Waals surface area contributed by atoms with Crippen molar-refractivity contribution in [3.8, 4) is 6.07 Å². The van der Waals surface area contributed by atoms with Crippen LogP contribution in [0.1, 0.15) is 5.76 Å². The fourth-order valence-corrected chi connectivity index (χ4v) is 3.93. The Balaban J connectivity index is 3.03. The summed E-state index contributed by atoms with van der Waals surface area (Å²) in [5.41, 5.74) is 0.0556. The van der Waals surface area contributed by atoms with Gasteiger partial charge in [0.2, 0.25) is 0 Å². The van der Waals surface area contributed by atoms with Crippen LogP contribution >= 0.6 is 0 Å². The molecule has 0 fully saturated rings. The molecule has 0 saturated carbocycles. The van der Waals surface area contributed by atoms with Gasteiger partial charge >= 0.3 is 93.8 Å². The first kappa shape index (κ1) is 11.9. The van der Waals surface area contributed by atoms with Gasteiger partial charge in [-0.15, -0.1) is 0 Å². The molecule has 0 N–H and O–H groups in total. The van der Waals surface area contributed by atoms with E-state index in [1.165, 1.54) is 6.08 Å². The van der Waals surface area contributed by atoms with Crippen LogP contribution in [0, 0.1) is 17.9 Å². The second-order valence-corrected chi connectivity index (χ2v) is 18.5. The van der Waals surface area contributed by atoms with Gasteiger partial charge in [0.05, 0.1) is 0 Å². The first-order valence-electron chi connectivity index (χ1n) is 4.57. The summed E-state index contributed by atoms with van der Waals surface area (Å²) in [6.07, 6.45) is 1.48. The van der Waals surface area contributed by atoms with E-state index in [-0.39, 0.29) is 5.70 Å². The average molecular weight is 307 g/mol. The fraction of sp³-hybridized carbons (Fsp3) is 0.273. The molecule has 3 nitrogen and oxygen atoms in total. The Kier molecular flexibility index (Phi) is 3.60. The second-order valence-electron chi connectivity index (χ2n) is 4.21. The third-order valence-electron chi connectivity index (χ3n) is 1.88. The molecule has 0 amide bonds. The van der Waals surface area contributed by atoms with Crippen LogP contribution in [0.4, 0.5) is 0 Å². The van der Waals surface area contributed by atoms with E-state index in [4.69, 9.17) is 16.3 Å². The van der Waals surface area contributed by atoms with E-state index in [2.05, 4.69) is 19.7 Å². The molecule has 76 valence electrons. The Bertz CT molecular complexity index is 450. The Morgan fingerprint density at radius 2 is 2.20 bits per heavy atom. The number of nitriles is 1. The van der Waals surface area contributed by atoms with Crippen molar-refractivity contribution in [3.63, 3.8) is 0 Å². The Morgan fingerprint density at radius 1 is 1.53 bits per heavy atom. The molecule has 0 saturated heterocycles. The zero-order valence-corrected chi connectivity index (χ0v) is 11.9. The van der Waals surface area contributed by atoms with Gasteiger partial charge in [-0.1, -0.05) is 0 Å². The third kappa shape index (κ3) is 3.14. The summed E-state index contributed by atoms with van der Waals surface area (Å²) in [5, 5.41) is 8.59. The van der Waals surface area contributed by atoms with E-state index < -0.39 is 18.4 Å². The van der Waals surface area contributed by atoms with Gasteiger partial charge in [0.15, 0.2) is 0 Å². The number of furan rings is 1. The standard InChI is InChI=1S/C8H3N2O.3CH3.Sn/c1-10-7(6-9)5-8-3-2-4-11-8;;;;/h2-3,5H;3*1H3;/b7-5-;;;;. The van der Waals surface area contributed by atoms with Gasteiger partial charge in [-0.05, 0) is 0 Å². The summed E-state index contributed by atoms with van der Waals surface area (Å²) in [6, 6.07) is 5.59. The van der Waals surface area contributed by atoms with Crippen molar-refractivity contribution in [2.45, 2.75) is 14.8 Å². The third-order valence-corrected chi connectivity index (χ3v) is 6.87. The SMILES string of the molecule is [C-]#[N+]/C(C#N)=C\c1cc[c]([Sn]([CH3])([CH3])[CH3])o1. The zero-order valence-electron chi connectivity index (χ0n) is 9.03. The minimum absolute atomic E-state index is 0.0556. The predicted molar refractivity (Wildman–Crippen MR) is 61.9 cm³/mol. The second kappa shape index (κ2) is 4.55. The van der Waals surface area contributed by atoms with E-state index in [0.29, 0.717) is 5.76 Å². The van der Waals surface area contributed by atoms with Crippen LogP contribution in [-0.4, -0.2) is 18.4 Å². The Hall–Kier alpha value is -1.20. The van der Waals surface area contributed by atoms with Crippen LogP contribution in [0.3, 0.4) is 0 Å². The van der Waals surface area contributed by atoms with Crippen LogP contribution in [0.5, 0.6) is 0 Å². The Morgan fingerprint density at radius 3 is 2.60 bits per heavy atom. The van der Waals surface area contributed by atoms with Gasteiger partial charge in [-0.3, -0.25) is 0 Å². The molecule has 0 aliphatic carbocycles. The van der Waals surface area contributed by atoms with Crippen molar-refractivity contribution in [1.29, 1.82) is 5.26 Å². The van der Waals surface area contributed by atoms with Gasteiger partial charge in [0, 0.05) is 0 Å². The van der Waals surface area contributed by atoms with Crippen molar-refractivity contribution in [2.24, 2.45) is 0 Å². The maximum absolute atomic E-state index is 8.59. The number of hydrogen-bond donors (Lipinski definition) is 0. The molecule has 0 atom stereocenters. The molecule has 0 aromatic carbocycles. The molecular weight excluding hydrogens is 295 g/mol. The predicted octanol–water partition coefficient (Wildman–Crippen LogP) is 2.61. The van der Waals surface area contributed by atoms with Gasteiger partial charge in [0.25, 0.3) is 0 Å². The summed E-state index contributed by atoms with van der Waals surface area (Å²) >= 11 is -2.15. The molecule has 0 bridgehead atoms. The molecule has 1 aromatic rings. The summed E-state index contributed by atoms with van der Waals surface area (Å²) < 4.78 is 6.66. The number of allylic oxidation sites excluding steroid dienone is 1. The van der Waals surface area contributed by atoms with E-state index >= 15 is 0 Å².